The normalized spacial score (nSPS) is 27.7. The molecule has 2 unspecified atom stereocenters. The van der Waals surface area contributed by atoms with Crippen LogP contribution in [0.2, 0.25) is 0 Å². The highest BCUT2D eigenvalue weighted by molar-refractivity contribution is 4.87. The van der Waals surface area contributed by atoms with Crippen LogP contribution in [0.4, 0.5) is 0 Å². The van der Waals surface area contributed by atoms with E-state index in [1.807, 2.05) is 0 Å². The van der Waals surface area contributed by atoms with E-state index in [1.54, 1.807) is 0 Å². The Morgan fingerprint density at radius 1 is 1.28 bits per heavy atom. The van der Waals surface area contributed by atoms with Gasteiger partial charge in [0.25, 0.3) is 0 Å². The van der Waals surface area contributed by atoms with E-state index in [1.165, 1.54) is 51.5 Å². The fraction of sp³-hybridized carbons (Fsp3) is 1.00. The zero-order valence-corrected chi connectivity index (χ0v) is 12.5. The van der Waals surface area contributed by atoms with Crippen molar-refractivity contribution < 1.29 is 4.74 Å². The van der Waals surface area contributed by atoms with Crippen molar-refractivity contribution in [2.24, 2.45) is 11.3 Å². The van der Waals surface area contributed by atoms with Crippen LogP contribution >= 0.6 is 0 Å². The molecular formula is C16H31NO. The summed E-state index contributed by atoms with van der Waals surface area (Å²) in [6, 6.07) is 0.834. The van der Waals surface area contributed by atoms with Gasteiger partial charge >= 0.3 is 0 Å². The molecule has 2 rings (SSSR count). The smallest absolute Gasteiger partial charge is 0.0576 e. The number of hydrogen-bond donors (Lipinski definition) is 1. The summed E-state index contributed by atoms with van der Waals surface area (Å²) in [5.74, 6) is 0.758. The van der Waals surface area contributed by atoms with Crippen molar-refractivity contribution in [3.63, 3.8) is 0 Å². The van der Waals surface area contributed by atoms with E-state index >= 15 is 0 Å². The predicted octanol–water partition coefficient (Wildman–Crippen LogP) is 3.75. The zero-order chi connectivity index (χ0) is 13.0. The number of ether oxygens (including phenoxy) is 1. The van der Waals surface area contributed by atoms with Crippen molar-refractivity contribution in [3.05, 3.63) is 0 Å². The van der Waals surface area contributed by atoms with Crippen molar-refractivity contribution in [1.29, 1.82) is 0 Å². The molecule has 1 heterocycles. The van der Waals surface area contributed by atoms with Crippen molar-refractivity contribution >= 4 is 0 Å². The number of nitrogens with one attached hydrogen (secondary N) is 1. The molecule has 0 bridgehead atoms. The SMILES string of the molecule is CC(C)C(C)(CCCC1CCCO1)CNC1CC1. The maximum absolute atomic E-state index is 5.72. The molecule has 2 nitrogen and oxygen atoms in total. The van der Waals surface area contributed by atoms with E-state index in [0.29, 0.717) is 11.5 Å². The minimum atomic E-state index is 0.460. The number of rotatable bonds is 8. The summed E-state index contributed by atoms with van der Waals surface area (Å²) < 4.78 is 5.72. The van der Waals surface area contributed by atoms with Crippen LogP contribution < -0.4 is 5.32 Å². The predicted molar refractivity (Wildman–Crippen MR) is 76.8 cm³/mol. The first-order chi connectivity index (χ1) is 8.60. The minimum absolute atomic E-state index is 0.460. The molecule has 0 radical (unpaired) electrons. The third-order valence-corrected chi connectivity index (χ3v) is 5.06. The summed E-state index contributed by atoms with van der Waals surface area (Å²) in [6.07, 6.45) is 9.85. The van der Waals surface area contributed by atoms with Crippen molar-refractivity contribution in [2.45, 2.75) is 77.9 Å². The van der Waals surface area contributed by atoms with Crippen LogP contribution in [0.5, 0.6) is 0 Å². The Bertz CT molecular complexity index is 243. The fourth-order valence-corrected chi connectivity index (χ4v) is 2.85. The van der Waals surface area contributed by atoms with Gasteiger partial charge in [0.1, 0.15) is 0 Å². The lowest BCUT2D eigenvalue weighted by atomic mass is 9.75. The van der Waals surface area contributed by atoms with Gasteiger partial charge in [-0.1, -0.05) is 27.2 Å². The quantitative estimate of drug-likeness (QED) is 0.711. The first kappa shape index (κ1) is 14.3. The van der Waals surface area contributed by atoms with Gasteiger partial charge in [-0.15, -0.1) is 0 Å². The zero-order valence-electron chi connectivity index (χ0n) is 12.5. The van der Waals surface area contributed by atoms with Gasteiger partial charge in [-0.25, -0.2) is 0 Å². The maximum Gasteiger partial charge on any atom is 0.0576 e. The van der Waals surface area contributed by atoms with E-state index < -0.39 is 0 Å². The van der Waals surface area contributed by atoms with E-state index in [-0.39, 0.29) is 0 Å². The summed E-state index contributed by atoms with van der Waals surface area (Å²) in [6.45, 7) is 9.40. The van der Waals surface area contributed by atoms with Crippen LogP contribution in [0, 0.1) is 11.3 Å². The Morgan fingerprint density at radius 2 is 2.06 bits per heavy atom. The number of hydrogen-bond acceptors (Lipinski definition) is 2. The van der Waals surface area contributed by atoms with Crippen molar-refractivity contribution in [3.8, 4) is 0 Å². The minimum Gasteiger partial charge on any atom is -0.378 e. The molecule has 1 N–H and O–H groups in total. The summed E-state index contributed by atoms with van der Waals surface area (Å²) in [5, 5.41) is 3.73. The topological polar surface area (TPSA) is 21.3 Å². The molecule has 106 valence electrons. The first-order valence-corrected chi connectivity index (χ1v) is 7.95. The van der Waals surface area contributed by atoms with Crippen molar-refractivity contribution in [1.82, 2.24) is 5.32 Å². The third kappa shape index (κ3) is 4.24. The molecule has 0 spiro atoms. The van der Waals surface area contributed by atoms with E-state index in [0.717, 1.165) is 18.6 Å². The molecule has 1 saturated carbocycles. The average Bonchev–Trinajstić information content (AvgIpc) is 3.03. The molecule has 18 heavy (non-hydrogen) atoms. The van der Waals surface area contributed by atoms with Crippen molar-refractivity contribution in [2.75, 3.05) is 13.2 Å². The Balaban J connectivity index is 1.69. The largest absolute Gasteiger partial charge is 0.378 e. The molecule has 0 aromatic heterocycles. The molecule has 1 aliphatic heterocycles. The van der Waals surface area contributed by atoms with Gasteiger partial charge in [0.15, 0.2) is 0 Å². The standard InChI is InChI=1S/C16H31NO/c1-13(2)16(3,12-17-14-8-9-14)10-4-6-15-7-5-11-18-15/h13-15,17H,4-12H2,1-3H3. The van der Waals surface area contributed by atoms with Gasteiger partial charge in [-0.3, -0.25) is 0 Å². The molecule has 0 aromatic rings. The van der Waals surface area contributed by atoms with Crippen LogP contribution in [0.1, 0.15) is 65.7 Å². The van der Waals surface area contributed by atoms with Crippen LogP contribution in [-0.4, -0.2) is 25.3 Å². The Kier molecular flexibility index (Phi) is 5.08. The lowest BCUT2D eigenvalue weighted by Gasteiger charge is -2.34. The Labute approximate surface area is 113 Å². The van der Waals surface area contributed by atoms with Gasteiger partial charge in [-0.2, -0.15) is 0 Å². The lowest BCUT2D eigenvalue weighted by Crippen LogP contribution is -2.37. The summed E-state index contributed by atoms with van der Waals surface area (Å²) in [4.78, 5) is 0. The third-order valence-electron chi connectivity index (χ3n) is 5.06. The average molecular weight is 253 g/mol. The molecule has 0 amide bonds. The second-order valence-corrected chi connectivity index (χ2v) is 6.99. The van der Waals surface area contributed by atoms with E-state index in [4.69, 9.17) is 4.74 Å². The monoisotopic (exact) mass is 253 g/mol. The highest BCUT2D eigenvalue weighted by Crippen LogP contribution is 2.34. The summed E-state index contributed by atoms with van der Waals surface area (Å²) in [5.41, 5.74) is 0.460. The molecule has 2 heteroatoms. The fourth-order valence-electron chi connectivity index (χ4n) is 2.85. The van der Waals surface area contributed by atoms with Gasteiger partial charge in [0.2, 0.25) is 0 Å². The molecule has 2 atom stereocenters. The van der Waals surface area contributed by atoms with Gasteiger partial charge in [0.05, 0.1) is 6.10 Å². The molecule has 1 aliphatic carbocycles. The van der Waals surface area contributed by atoms with Gasteiger partial charge < -0.3 is 10.1 Å². The highest BCUT2D eigenvalue weighted by atomic mass is 16.5. The summed E-state index contributed by atoms with van der Waals surface area (Å²) in [7, 11) is 0. The maximum atomic E-state index is 5.72. The Hall–Kier alpha value is -0.0800. The van der Waals surface area contributed by atoms with Crippen LogP contribution in [-0.2, 0) is 4.74 Å². The van der Waals surface area contributed by atoms with Gasteiger partial charge in [-0.05, 0) is 49.9 Å². The van der Waals surface area contributed by atoms with E-state index in [9.17, 15) is 0 Å². The molecule has 2 aliphatic rings. The van der Waals surface area contributed by atoms with Gasteiger partial charge in [0, 0.05) is 19.2 Å². The molecular weight excluding hydrogens is 222 g/mol. The molecule has 0 aromatic carbocycles. The Morgan fingerprint density at radius 3 is 2.61 bits per heavy atom. The second kappa shape index (κ2) is 6.38. The molecule has 1 saturated heterocycles. The van der Waals surface area contributed by atoms with E-state index in [2.05, 4.69) is 26.1 Å². The lowest BCUT2D eigenvalue weighted by molar-refractivity contribution is 0.0940. The molecule has 2 fully saturated rings. The van der Waals surface area contributed by atoms with Crippen LogP contribution in [0.25, 0.3) is 0 Å². The second-order valence-electron chi connectivity index (χ2n) is 6.99. The summed E-state index contributed by atoms with van der Waals surface area (Å²) >= 11 is 0. The highest BCUT2D eigenvalue weighted by Gasteiger charge is 2.31. The van der Waals surface area contributed by atoms with Crippen LogP contribution in [0.3, 0.4) is 0 Å². The van der Waals surface area contributed by atoms with Crippen LogP contribution in [0.15, 0.2) is 0 Å². The first-order valence-electron chi connectivity index (χ1n) is 7.95.